The Labute approximate surface area is 230 Å². The summed E-state index contributed by atoms with van der Waals surface area (Å²) in [5, 5.41) is 15.1. The highest BCUT2D eigenvalue weighted by atomic mass is 35.5. The lowest BCUT2D eigenvalue weighted by atomic mass is 9.77. The molecule has 3 aliphatic rings. The number of carbonyl (C=O) groups excluding carboxylic acids is 1. The van der Waals surface area contributed by atoms with Crippen LogP contribution in [0.2, 0.25) is 10.0 Å². The lowest BCUT2D eigenvalue weighted by Gasteiger charge is -2.45. The number of aliphatic hydroxyl groups is 1. The van der Waals surface area contributed by atoms with E-state index in [1.165, 1.54) is 19.4 Å². The lowest BCUT2D eigenvalue weighted by molar-refractivity contribution is -0.0322. The van der Waals surface area contributed by atoms with Crippen molar-refractivity contribution in [2.75, 3.05) is 51.1 Å². The van der Waals surface area contributed by atoms with Gasteiger partial charge in [0.25, 0.3) is 0 Å². The minimum Gasteiger partial charge on any atom is -0.385 e. The highest BCUT2D eigenvalue weighted by Gasteiger charge is 2.38. The molecule has 2 aliphatic heterocycles. The van der Waals surface area contributed by atoms with E-state index in [9.17, 15) is 9.90 Å². The van der Waals surface area contributed by atoms with Crippen molar-refractivity contribution < 1.29 is 9.90 Å². The van der Waals surface area contributed by atoms with Gasteiger partial charge < -0.3 is 20.2 Å². The van der Waals surface area contributed by atoms with Gasteiger partial charge in [-0.15, -0.1) is 0 Å². The molecule has 2 aromatic carbocycles. The van der Waals surface area contributed by atoms with Crippen LogP contribution in [0.25, 0.3) is 0 Å². The third-order valence-corrected chi connectivity index (χ3v) is 9.25. The van der Waals surface area contributed by atoms with Crippen LogP contribution in [-0.2, 0) is 5.60 Å². The molecular weight excluding hydrogens is 507 g/mol. The van der Waals surface area contributed by atoms with Gasteiger partial charge in [0, 0.05) is 51.0 Å². The van der Waals surface area contributed by atoms with Gasteiger partial charge >= 0.3 is 6.03 Å². The molecule has 1 atom stereocenters. The zero-order chi connectivity index (χ0) is 25.8. The number of hydrogen-bond donors (Lipinski definition) is 2. The summed E-state index contributed by atoms with van der Waals surface area (Å²) in [7, 11) is 0. The SMILES string of the molecule is O=C(Nc1ccc(Cl)c(Cl)c1)N1CCN(C[C@@H]2CCCN(C3CCC(O)(c4ccccc4)CC3)C2)CC1. The Hall–Kier alpha value is -1.83. The van der Waals surface area contributed by atoms with Gasteiger partial charge in [0.05, 0.1) is 15.6 Å². The van der Waals surface area contributed by atoms with E-state index in [2.05, 4.69) is 27.2 Å². The third-order valence-electron chi connectivity index (χ3n) is 8.51. The quantitative estimate of drug-likeness (QED) is 0.507. The molecule has 2 N–H and O–H groups in total. The standard InChI is InChI=1S/C29H38Cl2N4O2/c30-26-9-8-24(19-27(26)31)32-28(36)34-17-15-33(16-18-34)20-22-5-4-14-35(21-22)25-10-12-29(37,13-11-25)23-6-2-1-3-7-23/h1-3,6-9,19,22,25,37H,4-5,10-18,20-21H2,(H,32,36)/t22-,25?,29?/m0/s1. The molecule has 2 aromatic rings. The highest BCUT2D eigenvalue weighted by molar-refractivity contribution is 6.42. The van der Waals surface area contributed by atoms with Crippen LogP contribution in [0.4, 0.5) is 10.5 Å². The fourth-order valence-electron chi connectivity index (χ4n) is 6.34. The fraction of sp³-hybridized carbons (Fsp3) is 0.552. The van der Waals surface area contributed by atoms with E-state index in [-0.39, 0.29) is 6.03 Å². The van der Waals surface area contributed by atoms with Crippen molar-refractivity contribution in [2.24, 2.45) is 5.92 Å². The molecule has 0 radical (unpaired) electrons. The molecule has 1 saturated carbocycles. The van der Waals surface area contributed by atoms with Gasteiger partial charge in [0.1, 0.15) is 0 Å². The molecule has 2 heterocycles. The van der Waals surface area contributed by atoms with Gasteiger partial charge in [0.2, 0.25) is 0 Å². The van der Waals surface area contributed by atoms with Crippen molar-refractivity contribution >= 4 is 34.9 Å². The minimum absolute atomic E-state index is 0.0883. The van der Waals surface area contributed by atoms with Gasteiger partial charge in [-0.25, -0.2) is 4.79 Å². The third kappa shape index (κ3) is 6.61. The predicted octanol–water partition coefficient (Wildman–Crippen LogP) is 5.69. The number of likely N-dealkylation sites (tertiary alicyclic amines) is 1. The summed E-state index contributed by atoms with van der Waals surface area (Å²) in [6.07, 6.45) is 6.32. The number of piperazine rings is 1. The normalized spacial score (nSPS) is 27.7. The van der Waals surface area contributed by atoms with E-state index in [0.29, 0.717) is 27.7 Å². The second kappa shape index (κ2) is 11.9. The Morgan fingerprint density at radius 2 is 1.68 bits per heavy atom. The Kier molecular flexibility index (Phi) is 8.62. The first kappa shape index (κ1) is 26.8. The largest absolute Gasteiger partial charge is 0.385 e. The van der Waals surface area contributed by atoms with Crippen molar-refractivity contribution in [3.05, 3.63) is 64.1 Å². The van der Waals surface area contributed by atoms with Crippen molar-refractivity contribution in [1.82, 2.24) is 14.7 Å². The van der Waals surface area contributed by atoms with E-state index in [1.807, 2.05) is 23.1 Å². The van der Waals surface area contributed by atoms with Crippen molar-refractivity contribution in [2.45, 2.75) is 50.2 Å². The first-order valence-electron chi connectivity index (χ1n) is 13.6. The maximum Gasteiger partial charge on any atom is 0.321 e. The van der Waals surface area contributed by atoms with E-state index in [4.69, 9.17) is 23.2 Å². The first-order chi connectivity index (χ1) is 17.9. The summed E-state index contributed by atoms with van der Waals surface area (Å²) in [5.74, 6) is 0.667. The van der Waals surface area contributed by atoms with Gasteiger partial charge in [-0.2, -0.15) is 0 Å². The number of piperidine rings is 1. The van der Waals surface area contributed by atoms with Crippen LogP contribution in [0.1, 0.15) is 44.1 Å². The predicted molar refractivity (Wildman–Crippen MR) is 150 cm³/mol. The summed E-state index contributed by atoms with van der Waals surface area (Å²) in [5.41, 5.74) is 1.06. The molecule has 200 valence electrons. The topological polar surface area (TPSA) is 59.1 Å². The molecule has 8 heteroatoms. The Morgan fingerprint density at radius 1 is 0.946 bits per heavy atom. The first-order valence-corrected chi connectivity index (χ1v) is 14.4. The molecule has 3 fully saturated rings. The number of amides is 2. The average Bonchev–Trinajstić information content (AvgIpc) is 2.92. The van der Waals surface area contributed by atoms with Crippen LogP contribution in [0.5, 0.6) is 0 Å². The minimum atomic E-state index is -0.668. The lowest BCUT2D eigenvalue weighted by Crippen LogP contribution is -2.53. The Balaban J connectivity index is 1.06. The van der Waals surface area contributed by atoms with E-state index >= 15 is 0 Å². The van der Waals surface area contributed by atoms with Crippen LogP contribution in [0.15, 0.2) is 48.5 Å². The van der Waals surface area contributed by atoms with Crippen molar-refractivity contribution in [3.8, 4) is 0 Å². The molecule has 0 unspecified atom stereocenters. The van der Waals surface area contributed by atoms with E-state index < -0.39 is 5.60 Å². The molecule has 0 aromatic heterocycles. The van der Waals surface area contributed by atoms with Gasteiger partial charge in [-0.05, 0) is 74.8 Å². The van der Waals surface area contributed by atoms with Crippen LogP contribution in [-0.4, -0.2) is 77.7 Å². The van der Waals surface area contributed by atoms with Crippen LogP contribution < -0.4 is 5.32 Å². The second-order valence-electron chi connectivity index (χ2n) is 11.0. The molecular formula is C29H38Cl2N4O2. The number of carbonyl (C=O) groups is 1. The molecule has 5 rings (SSSR count). The van der Waals surface area contributed by atoms with Crippen LogP contribution >= 0.6 is 23.2 Å². The second-order valence-corrected chi connectivity index (χ2v) is 11.8. The summed E-state index contributed by atoms with van der Waals surface area (Å²) >= 11 is 12.1. The number of halogens is 2. The molecule has 2 amide bonds. The van der Waals surface area contributed by atoms with Crippen LogP contribution in [0.3, 0.4) is 0 Å². The summed E-state index contributed by atoms with van der Waals surface area (Å²) in [4.78, 5) is 19.8. The monoisotopic (exact) mass is 544 g/mol. The number of rotatable bonds is 5. The zero-order valence-corrected chi connectivity index (χ0v) is 22.9. The molecule has 0 bridgehead atoms. The van der Waals surface area contributed by atoms with E-state index in [1.54, 1.807) is 18.2 Å². The smallest absolute Gasteiger partial charge is 0.321 e. The Bertz CT molecular complexity index is 1050. The molecule has 6 nitrogen and oxygen atoms in total. The maximum absolute atomic E-state index is 12.7. The Morgan fingerprint density at radius 3 is 2.38 bits per heavy atom. The molecule has 37 heavy (non-hydrogen) atoms. The van der Waals surface area contributed by atoms with Gasteiger partial charge in [-0.1, -0.05) is 53.5 Å². The van der Waals surface area contributed by atoms with E-state index in [0.717, 1.165) is 70.5 Å². The number of anilines is 1. The number of urea groups is 1. The van der Waals surface area contributed by atoms with Crippen molar-refractivity contribution in [3.63, 3.8) is 0 Å². The molecule has 2 saturated heterocycles. The maximum atomic E-state index is 12.7. The summed E-state index contributed by atoms with van der Waals surface area (Å²) < 4.78 is 0. The molecule has 1 aliphatic carbocycles. The zero-order valence-electron chi connectivity index (χ0n) is 21.4. The number of nitrogens with one attached hydrogen (secondary N) is 1. The molecule has 0 spiro atoms. The average molecular weight is 546 g/mol. The highest BCUT2D eigenvalue weighted by Crippen LogP contribution is 2.39. The van der Waals surface area contributed by atoms with Crippen LogP contribution in [0, 0.1) is 5.92 Å². The number of nitrogens with zero attached hydrogens (tertiary/aromatic N) is 3. The van der Waals surface area contributed by atoms with Crippen molar-refractivity contribution in [1.29, 1.82) is 0 Å². The summed E-state index contributed by atoms with van der Waals surface area (Å²) in [6, 6.07) is 15.8. The summed E-state index contributed by atoms with van der Waals surface area (Å²) in [6.45, 7) is 6.67. The van der Waals surface area contributed by atoms with Gasteiger partial charge in [-0.3, -0.25) is 4.90 Å². The fourth-order valence-corrected chi connectivity index (χ4v) is 6.63. The van der Waals surface area contributed by atoms with Gasteiger partial charge in [0.15, 0.2) is 0 Å². The number of hydrogen-bond acceptors (Lipinski definition) is 4. The number of benzene rings is 2.